The summed E-state index contributed by atoms with van der Waals surface area (Å²) in [7, 11) is -3.79. The highest BCUT2D eigenvalue weighted by Crippen LogP contribution is 2.29. The Morgan fingerprint density at radius 2 is 1.96 bits per heavy atom. The fourth-order valence-corrected chi connectivity index (χ4v) is 4.14. The van der Waals surface area contributed by atoms with E-state index >= 15 is 0 Å². The average molecular weight is 411 g/mol. The van der Waals surface area contributed by atoms with E-state index in [4.69, 9.17) is 27.9 Å². The van der Waals surface area contributed by atoms with Crippen molar-refractivity contribution in [2.75, 3.05) is 6.61 Å². The lowest BCUT2D eigenvalue weighted by Gasteiger charge is -2.13. The number of pyridine rings is 1. The molecule has 0 atom stereocenters. The summed E-state index contributed by atoms with van der Waals surface area (Å²) >= 11 is 12.1. The molecule has 0 saturated heterocycles. The molecule has 8 heteroatoms. The minimum Gasteiger partial charge on any atom is -0.492 e. The highest BCUT2D eigenvalue weighted by Gasteiger charge is 2.20. The molecule has 5 nitrogen and oxygen atoms in total. The molecule has 2 aromatic carbocycles. The van der Waals surface area contributed by atoms with Gasteiger partial charge in [-0.3, -0.25) is 4.98 Å². The fraction of sp³-hybridized carbons (Fsp3) is 0.167. The molecule has 136 valence electrons. The zero-order valence-electron chi connectivity index (χ0n) is 13.9. The predicted octanol–water partition coefficient (Wildman–Crippen LogP) is 4.42. The van der Waals surface area contributed by atoms with Gasteiger partial charge in [-0.05, 0) is 55.0 Å². The van der Waals surface area contributed by atoms with Crippen LogP contribution in [0.15, 0.2) is 53.6 Å². The zero-order chi connectivity index (χ0) is 18.7. The summed E-state index contributed by atoms with van der Waals surface area (Å²) in [5.74, 6) is 0.542. The number of aromatic nitrogens is 1. The number of ether oxygens (including phenoxy) is 1. The van der Waals surface area contributed by atoms with Crippen LogP contribution >= 0.6 is 23.2 Å². The molecule has 0 spiro atoms. The summed E-state index contributed by atoms with van der Waals surface area (Å²) in [6, 6.07) is 11.4. The summed E-state index contributed by atoms with van der Waals surface area (Å²) in [6.07, 6.45) is 1.60. The Balaban J connectivity index is 1.97. The van der Waals surface area contributed by atoms with Crippen LogP contribution in [0.4, 0.5) is 0 Å². The van der Waals surface area contributed by atoms with Crippen LogP contribution in [-0.2, 0) is 16.6 Å². The van der Waals surface area contributed by atoms with E-state index in [0.29, 0.717) is 38.9 Å². The van der Waals surface area contributed by atoms with Gasteiger partial charge in [0.2, 0.25) is 10.0 Å². The third-order valence-corrected chi connectivity index (χ3v) is 5.81. The summed E-state index contributed by atoms with van der Waals surface area (Å²) in [5.41, 5.74) is 1.09. The second-order valence-corrected chi connectivity index (χ2v) is 8.03. The van der Waals surface area contributed by atoms with Gasteiger partial charge in [-0.25, -0.2) is 13.1 Å². The summed E-state index contributed by atoms with van der Waals surface area (Å²) < 4.78 is 33.8. The summed E-state index contributed by atoms with van der Waals surface area (Å²) in [5, 5.41) is 1.41. The Hall–Kier alpha value is -1.86. The molecule has 0 aliphatic rings. The Labute approximate surface area is 162 Å². The molecule has 0 saturated carbocycles. The van der Waals surface area contributed by atoms with E-state index in [0.717, 1.165) is 0 Å². The first-order valence-electron chi connectivity index (χ1n) is 7.86. The van der Waals surface area contributed by atoms with Crippen molar-refractivity contribution in [3.63, 3.8) is 0 Å². The highest BCUT2D eigenvalue weighted by molar-refractivity contribution is 7.89. The first kappa shape index (κ1) is 18.9. The van der Waals surface area contributed by atoms with Crippen LogP contribution in [-0.4, -0.2) is 20.0 Å². The lowest BCUT2D eigenvalue weighted by molar-refractivity contribution is 0.343. The van der Waals surface area contributed by atoms with Crippen molar-refractivity contribution < 1.29 is 13.2 Å². The maximum Gasteiger partial charge on any atom is 0.241 e. The topological polar surface area (TPSA) is 68.3 Å². The van der Waals surface area contributed by atoms with Gasteiger partial charge >= 0.3 is 0 Å². The molecule has 1 heterocycles. The Morgan fingerprint density at radius 3 is 2.73 bits per heavy atom. The van der Waals surface area contributed by atoms with Crippen LogP contribution < -0.4 is 9.46 Å². The minimum absolute atomic E-state index is 0.0245. The zero-order valence-corrected chi connectivity index (χ0v) is 16.2. The van der Waals surface area contributed by atoms with Gasteiger partial charge in [-0.15, -0.1) is 0 Å². The number of benzene rings is 2. The van der Waals surface area contributed by atoms with Gasteiger partial charge in [0, 0.05) is 28.2 Å². The molecule has 3 aromatic rings. The van der Waals surface area contributed by atoms with Crippen molar-refractivity contribution in [2.24, 2.45) is 0 Å². The van der Waals surface area contributed by atoms with Gasteiger partial charge in [0.25, 0.3) is 0 Å². The minimum atomic E-state index is -3.79. The van der Waals surface area contributed by atoms with Crippen molar-refractivity contribution in [1.82, 2.24) is 9.71 Å². The third kappa shape index (κ3) is 3.94. The third-order valence-electron chi connectivity index (χ3n) is 3.74. The standard InChI is InChI=1S/C18H16Cl2N2O3S/c1-2-25-16-7-8-17(14-4-3-9-21-18(14)16)26(23,24)22-11-12-10-13(19)5-6-15(12)20/h3-10,22H,2,11H2,1H3. The van der Waals surface area contributed by atoms with Crippen molar-refractivity contribution in [3.05, 3.63) is 64.3 Å². The molecule has 0 aliphatic carbocycles. The van der Waals surface area contributed by atoms with Crippen LogP contribution in [0.1, 0.15) is 12.5 Å². The van der Waals surface area contributed by atoms with Gasteiger partial charge < -0.3 is 4.74 Å². The summed E-state index contributed by atoms with van der Waals surface area (Å²) in [4.78, 5) is 4.39. The normalized spacial score (nSPS) is 11.7. The molecule has 1 N–H and O–H groups in total. The quantitative estimate of drug-likeness (QED) is 0.652. The van der Waals surface area contributed by atoms with E-state index in [1.165, 1.54) is 6.07 Å². The monoisotopic (exact) mass is 410 g/mol. The molecule has 0 amide bonds. The van der Waals surface area contributed by atoms with Crippen LogP contribution in [0.5, 0.6) is 5.75 Å². The van der Waals surface area contributed by atoms with Gasteiger partial charge in [-0.1, -0.05) is 23.2 Å². The number of rotatable bonds is 6. The second-order valence-electron chi connectivity index (χ2n) is 5.45. The number of halogens is 2. The smallest absolute Gasteiger partial charge is 0.241 e. The molecule has 0 unspecified atom stereocenters. The first-order chi connectivity index (χ1) is 12.4. The van der Waals surface area contributed by atoms with E-state index in [1.54, 1.807) is 42.6 Å². The van der Waals surface area contributed by atoms with E-state index in [-0.39, 0.29) is 11.4 Å². The Morgan fingerprint density at radius 1 is 1.15 bits per heavy atom. The molecule has 26 heavy (non-hydrogen) atoms. The SMILES string of the molecule is CCOc1ccc(S(=O)(=O)NCc2cc(Cl)ccc2Cl)c2cccnc12. The van der Waals surface area contributed by atoms with Crippen molar-refractivity contribution in [3.8, 4) is 5.75 Å². The molecule has 0 aliphatic heterocycles. The van der Waals surface area contributed by atoms with E-state index in [2.05, 4.69) is 9.71 Å². The molecule has 3 rings (SSSR count). The number of hydrogen-bond acceptors (Lipinski definition) is 4. The van der Waals surface area contributed by atoms with Crippen LogP contribution in [0.3, 0.4) is 0 Å². The number of nitrogens with zero attached hydrogens (tertiary/aromatic N) is 1. The number of hydrogen-bond donors (Lipinski definition) is 1. The predicted molar refractivity (Wildman–Crippen MR) is 103 cm³/mol. The van der Waals surface area contributed by atoms with Crippen molar-refractivity contribution in [2.45, 2.75) is 18.4 Å². The van der Waals surface area contributed by atoms with Gasteiger partial charge in [0.1, 0.15) is 11.3 Å². The average Bonchev–Trinajstić information content (AvgIpc) is 2.63. The first-order valence-corrected chi connectivity index (χ1v) is 10.1. The number of fused-ring (bicyclic) bond motifs is 1. The van der Waals surface area contributed by atoms with E-state index in [9.17, 15) is 8.42 Å². The van der Waals surface area contributed by atoms with Crippen LogP contribution in [0.25, 0.3) is 10.9 Å². The Bertz CT molecular complexity index is 1060. The molecule has 0 radical (unpaired) electrons. The molecular weight excluding hydrogens is 395 g/mol. The molecule has 0 bridgehead atoms. The van der Waals surface area contributed by atoms with Gasteiger partial charge in [-0.2, -0.15) is 0 Å². The summed E-state index contributed by atoms with van der Waals surface area (Å²) in [6.45, 7) is 2.34. The lowest BCUT2D eigenvalue weighted by atomic mass is 10.2. The highest BCUT2D eigenvalue weighted by atomic mass is 35.5. The molecule has 1 aromatic heterocycles. The van der Waals surface area contributed by atoms with Crippen molar-refractivity contribution in [1.29, 1.82) is 0 Å². The fourth-order valence-electron chi connectivity index (χ4n) is 2.56. The van der Waals surface area contributed by atoms with Gasteiger partial charge in [0.05, 0.1) is 11.5 Å². The maximum atomic E-state index is 12.8. The largest absolute Gasteiger partial charge is 0.492 e. The van der Waals surface area contributed by atoms with E-state index in [1.807, 2.05) is 6.92 Å². The second kappa shape index (κ2) is 7.80. The molecular formula is C18H16Cl2N2O3S. The van der Waals surface area contributed by atoms with E-state index < -0.39 is 10.0 Å². The van der Waals surface area contributed by atoms with Gasteiger partial charge in [0.15, 0.2) is 0 Å². The maximum absolute atomic E-state index is 12.8. The molecule has 0 fully saturated rings. The lowest BCUT2D eigenvalue weighted by Crippen LogP contribution is -2.23. The van der Waals surface area contributed by atoms with Crippen molar-refractivity contribution >= 4 is 44.1 Å². The Kier molecular flexibility index (Phi) is 5.67. The van der Waals surface area contributed by atoms with Crippen LogP contribution in [0, 0.1) is 0 Å². The van der Waals surface area contributed by atoms with Crippen LogP contribution in [0.2, 0.25) is 10.0 Å². The number of nitrogens with one attached hydrogen (secondary N) is 1. The number of sulfonamides is 1.